The highest BCUT2D eigenvalue weighted by molar-refractivity contribution is 7.94. The Morgan fingerprint density at radius 3 is 2.26 bits per heavy atom. The number of benzene rings is 2. The van der Waals surface area contributed by atoms with Crippen LogP contribution in [0.2, 0.25) is 5.02 Å². The summed E-state index contributed by atoms with van der Waals surface area (Å²) in [5.74, 6) is -1.14. The van der Waals surface area contributed by atoms with Gasteiger partial charge in [0.2, 0.25) is 15.9 Å². The van der Waals surface area contributed by atoms with E-state index in [4.69, 9.17) is 11.6 Å². The third-order valence-corrected chi connectivity index (χ3v) is 6.43. The van der Waals surface area contributed by atoms with Gasteiger partial charge >= 0.3 is 0 Å². The van der Waals surface area contributed by atoms with Crippen LogP contribution in [0, 0.1) is 20.8 Å². The predicted octanol–water partition coefficient (Wildman–Crippen LogP) is 3.58. The third kappa shape index (κ3) is 3.70. The van der Waals surface area contributed by atoms with E-state index in [-0.39, 0.29) is 28.4 Å². The molecule has 0 radical (unpaired) electrons. The van der Waals surface area contributed by atoms with Gasteiger partial charge in [0.15, 0.2) is 0 Å². The SMILES string of the molecule is Cc1cc(C)c(NC(=O)c2ccc(N3C(=O)CCS3(=O)=O)cc2Cl)c(C)c1. The number of sulfonamides is 1. The lowest BCUT2D eigenvalue weighted by atomic mass is 10.0. The normalized spacial score (nSPS) is 15.9. The molecule has 1 aliphatic rings. The number of hydrogen-bond acceptors (Lipinski definition) is 4. The summed E-state index contributed by atoms with van der Waals surface area (Å²) in [6, 6.07) is 8.10. The van der Waals surface area contributed by atoms with Gasteiger partial charge < -0.3 is 5.32 Å². The maximum atomic E-state index is 12.7. The molecule has 0 aromatic heterocycles. The molecule has 0 aliphatic carbocycles. The van der Waals surface area contributed by atoms with Crippen molar-refractivity contribution in [3.05, 3.63) is 57.6 Å². The van der Waals surface area contributed by atoms with Crippen molar-refractivity contribution in [2.24, 2.45) is 0 Å². The van der Waals surface area contributed by atoms with Gasteiger partial charge in [-0.05, 0) is 50.1 Å². The highest BCUT2D eigenvalue weighted by atomic mass is 35.5. The van der Waals surface area contributed by atoms with E-state index in [2.05, 4.69) is 5.32 Å². The van der Waals surface area contributed by atoms with Gasteiger partial charge in [-0.1, -0.05) is 29.3 Å². The van der Waals surface area contributed by atoms with Crippen LogP contribution in [0.1, 0.15) is 33.5 Å². The lowest BCUT2D eigenvalue weighted by Gasteiger charge is -2.17. The van der Waals surface area contributed by atoms with Crippen LogP contribution in [0.25, 0.3) is 0 Å². The smallest absolute Gasteiger partial charge is 0.257 e. The second kappa shape index (κ2) is 6.98. The minimum atomic E-state index is -3.68. The third-order valence-electron chi connectivity index (χ3n) is 4.43. The Morgan fingerprint density at radius 1 is 1.11 bits per heavy atom. The number of nitrogens with zero attached hydrogens (tertiary/aromatic N) is 1. The zero-order valence-corrected chi connectivity index (χ0v) is 16.7. The Morgan fingerprint density at radius 2 is 1.74 bits per heavy atom. The Balaban J connectivity index is 1.91. The van der Waals surface area contributed by atoms with E-state index in [0.29, 0.717) is 5.69 Å². The van der Waals surface area contributed by atoms with Crippen LogP contribution in [0.5, 0.6) is 0 Å². The zero-order valence-electron chi connectivity index (χ0n) is 15.2. The highest BCUT2D eigenvalue weighted by Crippen LogP contribution is 2.30. The largest absolute Gasteiger partial charge is 0.321 e. The molecule has 2 aromatic carbocycles. The maximum absolute atomic E-state index is 12.7. The Bertz CT molecular complexity index is 1040. The summed E-state index contributed by atoms with van der Waals surface area (Å²) in [5.41, 5.74) is 4.01. The van der Waals surface area contributed by atoms with E-state index in [1.54, 1.807) is 0 Å². The monoisotopic (exact) mass is 406 g/mol. The lowest BCUT2D eigenvalue weighted by molar-refractivity contribution is -0.116. The molecule has 1 heterocycles. The fourth-order valence-electron chi connectivity index (χ4n) is 3.24. The topological polar surface area (TPSA) is 83.6 Å². The zero-order chi connectivity index (χ0) is 19.9. The van der Waals surface area contributed by atoms with Crippen LogP contribution >= 0.6 is 11.6 Å². The molecular formula is C19H19ClN2O4S. The molecule has 1 fully saturated rings. The molecule has 0 bridgehead atoms. The standard InChI is InChI=1S/C19H19ClN2O4S/c1-11-8-12(2)18(13(3)9-11)21-19(24)15-5-4-14(10-16(15)20)22-17(23)6-7-27(22,25)26/h4-5,8-10H,6-7H2,1-3H3,(H,21,24). The maximum Gasteiger partial charge on any atom is 0.257 e. The molecular weight excluding hydrogens is 388 g/mol. The molecule has 8 heteroatoms. The van der Waals surface area contributed by atoms with E-state index in [1.807, 2.05) is 32.9 Å². The predicted molar refractivity (Wildman–Crippen MR) is 106 cm³/mol. The first-order valence-corrected chi connectivity index (χ1v) is 10.3. The molecule has 2 amide bonds. The van der Waals surface area contributed by atoms with E-state index < -0.39 is 21.8 Å². The molecule has 6 nitrogen and oxygen atoms in total. The minimum absolute atomic E-state index is 0.0613. The summed E-state index contributed by atoms with van der Waals surface area (Å²) in [6.07, 6.45) is -0.0613. The number of carbonyl (C=O) groups is 2. The van der Waals surface area contributed by atoms with Crippen LogP contribution in [-0.4, -0.2) is 26.0 Å². The molecule has 1 N–H and O–H groups in total. The lowest BCUT2D eigenvalue weighted by Crippen LogP contribution is -2.29. The number of rotatable bonds is 3. The molecule has 142 valence electrons. The molecule has 1 saturated heterocycles. The number of nitrogens with one attached hydrogen (secondary N) is 1. The van der Waals surface area contributed by atoms with Gasteiger partial charge in [0.25, 0.3) is 5.91 Å². The Labute approximate surface area is 163 Å². The van der Waals surface area contributed by atoms with Gasteiger partial charge in [-0.15, -0.1) is 0 Å². The average molecular weight is 407 g/mol. The number of hydrogen-bond donors (Lipinski definition) is 1. The van der Waals surface area contributed by atoms with Crippen molar-refractivity contribution in [3.63, 3.8) is 0 Å². The first-order chi connectivity index (χ1) is 12.6. The summed E-state index contributed by atoms with van der Waals surface area (Å²) in [5, 5.41) is 2.93. The number of carbonyl (C=O) groups excluding carboxylic acids is 2. The fraction of sp³-hybridized carbons (Fsp3) is 0.263. The Kier molecular flexibility index (Phi) is 5.01. The first kappa shape index (κ1) is 19.4. The summed E-state index contributed by atoms with van der Waals surface area (Å²) < 4.78 is 24.8. The summed E-state index contributed by atoms with van der Waals surface area (Å²) in [4.78, 5) is 24.5. The molecule has 0 atom stereocenters. The molecule has 27 heavy (non-hydrogen) atoms. The van der Waals surface area contributed by atoms with Crippen molar-refractivity contribution in [3.8, 4) is 0 Å². The minimum Gasteiger partial charge on any atom is -0.321 e. The van der Waals surface area contributed by atoms with Crippen molar-refractivity contribution in [1.82, 2.24) is 0 Å². The fourth-order valence-corrected chi connectivity index (χ4v) is 4.95. The van der Waals surface area contributed by atoms with Crippen molar-refractivity contribution >= 4 is 44.8 Å². The second-order valence-electron chi connectivity index (χ2n) is 6.62. The van der Waals surface area contributed by atoms with Crippen molar-refractivity contribution in [2.45, 2.75) is 27.2 Å². The molecule has 0 unspecified atom stereocenters. The first-order valence-electron chi connectivity index (χ1n) is 8.35. The van der Waals surface area contributed by atoms with Crippen molar-refractivity contribution in [1.29, 1.82) is 0 Å². The quantitative estimate of drug-likeness (QED) is 0.844. The van der Waals surface area contributed by atoms with Crippen LogP contribution < -0.4 is 9.62 Å². The summed E-state index contributed by atoms with van der Waals surface area (Å²) in [6.45, 7) is 5.79. The summed E-state index contributed by atoms with van der Waals surface area (Å²) in [7, 11) is -3.68. The van der Waals surface area contributed by atoms with Crippen molar-refractivity contribution < 1.29 is 18.0 Å². The van der Waals surface area contributed by atoms with Crippen LogP contribution in [0.4, 0.5) is 11.4 Å². The molecule has 0 saturated carbocycles. The Hall–Kier alpha value is -2.38. The molecule has 1 aliphatic heterocycles. The van der Waals surface area contributed by atoms with Gasteiger partial charge in [0.05, 0.1) is 22.0 Å². The van der Waals surface area contributed by atoms with Crippen LogP contribution in [0.3, 0.4) is 0 Å². The van der Waals surface area contributed by atoms with E-state index in [0.717, 1.165) is 21.0 Å². The molecule has 0 spiro atoms. The number of anilines is 2. The average Bonchev–Trinajstić information content (AvgIpc) is 2.83. The van der Waals surface area contributed by atoms with Gasteiger partial charge in [0.1, 0.15) is 0 Å². The van der Waals surface area contributed by atoms with Crippen LogP contribution in [0.15, 0.2) is 30.3 Å². The molecule has 3 rings (SSSR count). The van der Waals surface area contributed by atoms with E-state index in [9.17, 15) is 18.0 Å². The highest BCUT2D eigenvalue weighted by Gasteiger charge is 2.36. The number of aryl methyl sites for hydroxylation is 3. The van der Waals surface area contributed by atoms with Crippen LogP contribution in [-0.2, 0) is 14.8 Å². The van der Waals surface area contributed by atoms with E-state index >= 15 is 0 Å². The summed E-state index contributed by atoms with van der Waals surface area (Å²) >= 11 is 6.22. The van der Waals surface area contributed by atoms with Crippen molar-refractivity contribution in [2.75, 3.05) is 15.4 Å². The van der Waals surface area contributed by atoms with Gasteiger partial charge in [-0.25, -0.2) is 12.7 Å². The van der Waals surface area contributed by atoms with Gasteiger partial charge in [-0.2, -0.15) is 0 Å². The molecule has 2 aromatic rings. The van der Waals surface area contributed by atoms with E-state index in [1.165, 1.54) is 18.2 Å². The van der Waals surface area contributed by atoms with Gasteiger partial charge in [0, 0.05) is 12.1 Å². The number of amides is 2. The number of halogens is 1. The second-order valence-corrected chi connectivity index (χ2v) is 8.96. The van der Waals surface area contributed by atoms with Gasteiger partial charge in [-0.3, -0.25) is 9.59 Å².